The van der Waals surface area contributed by atoms with Gasteiger partial charge in [-0.05, 0) is 41.5 Å². The minimum Gasteiger partial charge on any atom is -0.319 e. The third kappa shape index (κ3) is 1.27. The highest BCUT2D eigenvalue weighted by Crippen LogP contribution is 2.44. The number of hydrogen-bond donors (Lipinski definition) is 2. The van der Waals surface area contributed by atoms with E-state index in [1.54, 1.807) is 0 Å². The normalized spacial score (nSPS) is 26.1. The molecule has 0 spiro atoms. The summed E-state index contributed by atoms with van der Waals surface area (Å²) in [5.74, 6) is 1.23. The quantitative estimate of drug-likeness (QED) is 0.708. The van der Waals surface area contributed by atoms with Crippen LogP contribution in [-0.2, 0) is 0 Å². The van der Waals surface area contributed by atoms with Gasteiger partial charge >= 0.3 is 0 Å². The number of nitrogens with one attached hydrogen (secondary N) is 2. The molecule has 86 valence electrons. The van der Waals surface area contributed by atoms with E-state index in [1.807, 2.05) is 0 Å². The first-order chi connectivity index (χ1) is 8.31. The van der Waals surface area contributed by atoms with Gasteiger partial charge in [-0.2, -0.15) is 0 Å². The first-order valence-corrected chi connectivity index (χ1v) is 6.05. The molecule has 4 nitrogen and oxygen atoms in total. The van der Waals surface area contributed by atoms with Gasteiger partial charge in [0.2, 0.25) is 0 Å². The number of piperidine rings is 1. The van der Waals surface area contributed by atoms with Gasteiger partial charge in [-0.1, -0.05) is 0 Å². The van der Waals surface area contributed by atoms with E-state index in [4.69, 9.17) is 0 Å². The van der Waals surface area contributed by atoms with Crippen molar-refractivity contribution in [3.8, 4) is 0 Å². The van der Waals surface area contributed by atoms with Crippen LogP contribution in [0.15, 0.2) is 23.1 Å². The van der Waals surface area contributed by atoms with Gasteiger partial charge in [-0.3, -0.25) is 4.79 Å². The summed E-state index contributed by atoms with van der Waals surface area (Å²) in [6.45, 7) is 2.12. The van der Waals surface area contributed by atoms with Crippen molar-refractivity contribution in [2.75, 3.05) is 13.1 Å². The lowest BCUT2D eigenvalue weighted by Crippen LogP contribution is -2.28. The second-order valence-corrected chi connectivity index (χ2v) is 5.03. The number of benzene rings is 1. The highest BCUT2D eigenvalue weighted by Gasteiger charge is 2.34. The molecule has 1 aliphatic carbocycles. The number of aromatic amines is 1. The van der Waals surface area contributed by atoms with Crippen molar-refractivity contribution in [2.24, 2.45) is 0 Å². The molecule has 0 saturated carbocycles. The lowest BCUT2D eigenvalue weighted by Gasteiger charge is -2.19. The third-order valence-electron chi connectivity index (χ3n) is 4.01. The zero-order valence-corrected chi connectivity index (χ0v) is 9.36. The highest BCUT2D eigenvalue weighted by molar-refractivity contribution is 5.77. The van der Waals surface area contributed by atoms with E-state index in [0.29, 0.717) is 11.8 Å². The number of rotatable bonds is 0. The lowest BCUT2D eigenvalue weighted by atomic mass is 9.98. The predicted molar refractivity (Wildman–Crippen MR) is 65.3 cm³/mol. The molecular weight excluding hydrogens is 214 g/mol. The summed E-state index contributed by atoms with van der Waals surface area (Å²) < 4.78 is 0. The molecule has 1 aromatic heterocycles. The Hall–Kier alpha value is -1.68. The minimum absolute atomic E-state index is 0.128. The van der Waals surface area contributed by atoms with E-state index in [1.165, 1.54) is 23.7 Å². The van der Waals surface area contributed by atoms with Crippen LogP contribution >= 0.6 is 0 Å². The smallest absolute Gasteiger partial charge is 0.266 e. The zero-order valence-electron chi connectivity index (χ0n) is 9.36. The Labute approximate surface area is 98.1 Å². The maximum atomic E-state index is 11.3. The molecule has 2 aliphatic rings. The van der Waals surface area contributed by atoms with Crippen molar-refractivity contribution in [1.29, 1.82) is 0 Å². The molecule has 0 unspecified atom stereocenters. The van der Waals surface area contributed by atoms with Gasteiger partial charge in [0.25, 0.3) is 5.56 Å². The van der Waals surface area contributed by atoms with Gasteiger partial charge in [-0.15, -0.1) is 0 Å². The summed E-state index contributed by atoms with van der Waals surface area (Å²) in [7, 11) is 0. The molecule has 0 amide bonds. The van der Waals surface area contributed by atoms with Crippen LogP contribution in [0.2, 0.25) is 0 Å². The van der Waals surface area contributed by atoms with Crippen LogP contribution in [0.4, 0.5) is 0 Å². The van der Waals surface area contributed by atoms with Crippen LogP contribution in [0.25, 0.3) is 11.0 Å². The summed E-state index contributed by atoms with van der Waals surface area (Å²) in [6.07, 6.45) is 2.59. The SMILES string of the molecule is O=c1cnc2cc3c(cc2[nH]1)[C@@H]1CNC[C@H]3C1. The van der Waals surface area contributed by atoms with Crippen molar-refractivity contribution in [1.82, 2.24) is 15.3 Å². The van der Waals surface area contributed by atoms with Crippen LogP contribution in [0.3, 0.4) is 0 Å². The van der Waals surface area contributed by atoms with E-state index < -0.39 is 0 Å². The zero-order chi connectivity index (χ0) is 11.4. The average Bonchev–Trinajstić information content (AvgIpc) is 2.59. The molecule has 2 N–H and O–H groups in total. The van der Waals surface area contributed by atoms with Crippen molar-refractivity contribution in [2.45, 2.75) is 18.3 Å². The van der Waals surface area contributed by atoms with Crippen LogP contribution in [0.1, 0.15) is 29.4 Å². The summed E-state index contributed by atoms with van der Waals surface area (Å²) in [4.78, 5) is 18.4. The average molecular weight is 227 g/mol. The predicted octanol–water partition coefficient (Wildman–Crippen LogP) is 1.10. The largest absolute Gasteiger partial charge is 0.319 e. The first-order valence-electron chi connectivity index (χ1n) is 6.05. The summed E-state index contributed by atoms with van der Waals surface area (Å²) in [5.41, 5.74) is 4.46. The summed E-state index contributed by atoms with van der Waals surface area (Å²) in [5, 5.41) is 3.47. The van der Waals surface area contributed by atoms with Crippen molar-refractivity contribution in [3.63, 3.8) is 0 Å². The van der Waals surface area contributed by atoms with Crippen molar-refractivity contribution < 1.29 is 0 Å². The van der Waals surface area contributed by atoms with Gasteiger partial charge in [0.1, 0.15) is 0 Å². The van der Waals surface area contributed by atoms with E-state index in [2.05, 4.69) is 27.4 Å². The van der Waals surface area contributed by atoms with Crippen molar-refractivity contribution >= 4 is 11.0 Å². The topological polar surface area (TPSA) is 57.8 Å². The summed E-state index contributed by atoms with van der Waals surface area (Å²) >= 11 is 0. The molecule has 1 saturated heterocycles. The fourth-order valence-electron chi connectivity index (χ4n) is 3.24. The molecular formula is C13H13N3O. The summed E-state index contributed by atoms with van der Waals surface area (Å²) in [6, 6.07) is 4.27. The van der Waals surface area contributed by atoms with E-state index in [9.17, 15) is 4.79 Å². The molecule has 4 rings (SSSR count). The Kier molecular flexibility index (Phi) is 1.74. The number of H-pyrrole nitrogens is 1. The molecule has 1 fully saturated rings. The van der Waals surface area contributed by atoms with Crippen LogP contribution in [0.5, 0.6) is 0 Å². The Morgan fingerprint density at radius 2 is 1.94 bits per heavy atom. The lowest BCUT2D eigenvalue weighted by molar-refractivity contribution is 0.454. The molecule has 1 aromatic carbocycles. The molecule has 17 heavy (non-hydrogen) atoms. The van der Waals surface area contributed by atoms with Gasteiger partial charge in [0.15, 0.2) is 0 Å². The van der Waals surface area contributed by atoms with E-state index in [0.717, 1.165) is 24.1 Å². The molecule has 2 aromatic rings. The number of nitrogens with zero attached hydrogens (tertiary/aromatic N) is 1. The maximum Gasteiger partial charge on any atom is 0.266 e. The minimum atomic E-state index is -0.128. The third-order valence-corrected chi connectivity index (χ3v) is 4.01. The van der Waals surface area contributed by atoms with Gasteiger partial charge in [0, 0.05) is 13.1 Å². The van der Waals surface area contributed by atoms with Gasteiger partial charge < -0.3 is 10.3 Å². The van der Waals surface area contributed by atoms with Crippen LogP contribution in [-0.4, -0.2) is 23.1 Å². The Morgan fingerprint density at radius 3 is 2.76 bits per heavy atom. The fourth-order valence-corrected chi connectivity index (χ4v) is 3.24. The Morgan fingerprint density at radius 1 is 1.18 bits per heavy atom. The van der Waals surface area contributed by atoms with E-state index in [-0.39, 0.29) is 5.56 Å². The molecule has 2 bridgehead atoms. The number of aromatic nitrogens is 2. The standard InChI is InChI=1S/C13H13N3O/c17-13-6-15-11-2-9-7-1-8(5-14-4-7)10(9)3-12(11)16-13/h2-3,6-8,14H,1,4-5H2,(H,16,17)/t7-,8+/m1/s1. The number of fused-ring (bicyclic) bond motifs is 6. The molecule has 2 atom stereocenters. The maximum absolute atomic E-state index is 11.3. The molecule has 0 radical (unpaired) electrons. The number of hydrogen-bond acceptors (Lipinski definition) is 3. The van der Waals surface area contributed by atoms with E-state index >= 15 is 0 Å². The Balaban J connectivity index is 2.03. The molecule has 4 heteroatoms. The molecule has 1 aliphatic heterocycles. The van der Waals surface area contributed by atoms with Crippen molar-refractivity contribution in [3.05, 3.63) is 39.8 Å². The Bertz CT molecular complexity index is 661. The second kappa shape index (κ2) is 3.17. The van der Waals surface area contributed by atoms with Crippen LogP contribution < -0.4 is 10.9 Å². The highest BCUT2D eigenvalue weighted by atomic mass is 16.1. The molecule has 2 heterocycles. The fraction of sp³-hybridized carbons (Fsp3) is 0.385. The first kappa shape index (κ1) is 9.36. The van der Waals surface area contributed by atoms with Gasteiger partial charge in [0.05, 0.1) is 17.2 Å². The van der Waals surface area contributed by atoms with Gasteiger partial charge in [-0.25, -0.2) is 4.98 Å². The monoisotopic (exact) mass is 227 g/mol. The second-order valence-electron chi connectivity index (χ2n) is 5.03. The van der Waals surface area contributed by atoms with Crippen LogP contribution in [0, 0.1) is 0 Å².